The monoisotopic (exact) mass is 493 g/mol. The molecule has 0 aliphatic carbocycles. The smallest absolute Gasteiger partial charge is 0.294 e. The molecule has 4 N–H and O–H groups in total. The molecule has 0 spiro atoms. The lowest BCUT2D eigenvalue weighted by Gasteiger charge is -2.25. The minimum absolute atomic E-state index is 0.0555. The summed E-state index contributed by atoms with van der Waals surface area (Å²) in [5, 5.41) is 16.9. The number of hydrogen-bond acceptors (Lipinski definition) is 7. The highest BCUT2D eigenvalue weighted by Gasteiger charge is 2.22. The van der Waals surface area contributed by atoms with Crippen LogP contribution in [-0.4, -0.2) is 38.1 Å². The van der Waals surface area contributed by atoms with Gasteiger partial charge in [0.05, 0.1) is 28.9 Å². The molecular formula is C25H23N3O6S. The summed E-state index contributed by atoms with van der Waals surface area (Å²) in [5.74, 6) is -0.293. The van der Waals surface area contributed by atoms with Gasteiger partial charge >= 0.3 is 0 Å². The number of carbonyl (C=O) groups is 1. The summed E-state index contributed by atoms with van der Waals surface area (Å²) in [6.07, 6.45) is 0. The Morgan fingerprint density at radius 1 is 0.971 bits per heavy atom. The molecule has 180 valence electrons. The van der Waals surface area contributed by atoms with Crippen LogP contribution in [0, 0.1) is 0 Å². The number of anilines is 3. The molecule has 0 atom stereocenters. The number of amides is 1. The molecule has 0 saturated carbocycles. The number of nitrogens with zero attached hydrogens (tertiary/aromatic N) is 1. The van der Waals surface area contributed by atoms with Crippen molar-refractivity contribution in [3.05, 3.63) is 84.4 Å². The van der Waals surface area contributed by atoms with Gasteiger partial charge in [0, 0.05) is 12.4 Å². The maximum Gasteiger partial charge on any atom is 0.294 e. The lowest BCUT2D eigenvalue weighted by molar-refractivity contribution is 0.102. The van der Waals surface area contributed by atoms with Gasteiger partial charge in [-0.2, -0.15) is 8.42 Å². The number of nitrogens with one attached hydrogen (secondary N) is 2. The van der Waals surface area contributed by atoms with E-state index in [2.05, 4.69) is 10.7 Å². The third-order valence-corrected chi connectivity index (χ3v) is 6.25. The fourth-order valence-electron chi connectivity index (χ4n) is 3.72. The molecule has 0 aliphatic heterocycles. The largest absolute Gasteiger partial charge is 0.505 e. The molecule has 0 radical (unpaired) electrons. The van der Waals surface area contributed by atoms with Crippen LogP contribution >= 0.6 is 0 Å². The van der Waals surface area contributed by atoms with E-state index in [1.807, 2.05) is 24.3 Å². The number of para-hydroxylation sites is 2. The van der Waals surface area contributed by atoms with Crippen molar-refractivity contribution >= 4 is 43.9 Å². The second-order valence-corrected chi connectivity index (χ2v) is 9.09. The first kappa shape index (κ1) is 23.9. The number of phenolic OH excluding ortho intramolecular Hbond substituents is 1. The van der Waals surface area contributed by atoms with Crippen molar-refractivity contribution in [2.24, 2.45) is 0 Å². The minimum Gasteiger partial charge on any atom is -0.505 e. The molecule has 0 unspecified atom stereocenters. The lowest BCUT2D eigenvalue weighted by Crippen LogP contribution is -2.25. The van der Waals surface area contributed by atoms with Crippen LogP contribution < -0.4 is 20.5 Å². The van der Waals surface area contributed by atoms with Crippen LogP contribution in [0.3, 0.4) is 0 Å². The van der Waals surface area contributed by atoms with Gasteiger partial charge in [0.15, 0.2) is 5.75 Å². The molecule has 35 heavy (non-hydrogen) atoms. The van der Waals surface area contributed by atoms with Gasteiger partial charge in [-0.15, -0.1) is 0 Å². The molecule has 9 nitrogen and oxygen atoms in total. The maximum atomic E-state index is 13.2. The van der Waals surface area contributed by atoms with Gasteiger partial charge in [0.2, 0.25) is 0 Å². The Balaban J connectivity index is 1.72. The van der Waals surface area contributed by atoms with E-state index in [9.17, 15) is 22.9 Å². The molecule has 0 aliphatic rings. The van der Waals surface area contributed by atoms with Gasteiger partial charge in [0.1, 0.15) is 11.4 Å². The zero-order valence-electron chi connectivity index (χ0n) is 18.9. The maximum absolute atomic E-state index is 13.2. The quantitative estimate of drug-likeness (QED) is 0.219. The number of methoxy groups -OCH3 is 1. The van der Waals surface area contributed by atoms with Crippen LogP contribution in [0.25, 0.3) is 10.8 Å². The first-order valence-electron chi connectivity index (χ1n) is 10.5. The Bertz CT molecular complexity index is 1500. The second kappa shape index (κ2) is 9.53. The summed E-state index contributed by atoms with van der Waals surface area (Å²) in [7, 11) is -1.16. The van der Waals surface area contributed by atoms with E-state index in [-0.39, 0.29) is 16.2 Å². The number of phenols is 1. The number of carbonyl (C=O) groups excluding carboxylic acids is 1. The zero-order valence-corrected chi connectivity index (χ0v) is 19.7. The van der Waals surface area contributed by atoms with E-state index in [0.29, 0.717) is 28.2 Å². The summed E-state index contributed by atoms with van der Waals surface area (Å²) in [4.78, 5) is 12.9. The first-order chi connectivity index (χ1) is 16.7. The average Bonchev–Trinajstić information content (AvgIpc) is 2.83. The van der Waals surface area contributed by atoms with Crippen molar-refractivity contribution < 1.29 is 27.6 Å². The van der Waals surface area contributed by atoms with E-state index >= 15 is 0 Å². The molecule has 0 fully saturated rings. The summed E-state index contributed by atoms with van der Waals surface area (Å²) in [6.45, 7) is 0. The number of hydrogen-bond donors (Lipinski definition) is 4. The Labute approximate surface area is 202 Å². The normalized spacial score (nSPS) is 11.2. The zero-order chi connectivity index (χ0) is 25.2. The predicted molar refractivity (Wildman–Crippen MR) is 135 cm³/mol. The van der Waals surface area contributed by atoms with Gasteiger partial charge in [-0.25, -0.2) is 0 Å². The van der Waals surface area contributed by atoms with E-state index in [1.165, 1.54) is 36.4 Å². The van der Waals surface area contributed by atoms with E-state index in [4.69, 9.17) is 4.74 Å². The van der Waals surface area contributed by atoms with Crippen molar-refractivity contribution in [1.29, 1.82) is 0 Å². The van der Waals surface area contributed by atoms with Crippen LogP contribution in [0.5, 0.6) is 11.5 Å². The van der Waals surface area contributed by atoms with Crippen molar-refractivity contribution in [1.82, 2.24) is 0 Å². The topological polar surface area (TPSA) is 128 Å². The third-order valence-electron chi connectivity index (χ3n) is 5.38. The van der Waals surface area contributed by atoms with Gasteiger partial charge in [-0.05, 0) is 47.9 Å². The Kier molecular flexibility index (Phi) is 6.50. The summed E-state index contributed by atoms with van der Waals surface area (Å²) in [6, 6.07) is 21.3. The van der Waals surface area contributed by atoms with Crippen molar-refractivity contribution in [2.75, 3.05) is 29.9 Å². The molecule has 4 rings (SSSR count). The highest BCUT2D eigenvalue weighted by molar-refractivity contribution is 7.85. The fraction of sp³-hybridized carbons (Fsp3) is 0.0800. The molecule has 1 amide bonds. The van der Waals surface area contributed by atoms with Crippen LogP contribution in [0.15, 0.2) is 83.8 Å². The number of fused-ring (bicyclic) bond motifs is 1. The van der Waals surface area contributed by atoms with Gasteiger partial charge in [-0.1, -0.05) is 36.4 Å². The second-order valence-electron chi connectivity index (χ2n) is 7.67. The van der Waals surface area contributed by atoms with E-state index in [0.717, 1.165) is 5.39 Å². The van der Waals surface area contributed by atoms with Crippen molar-refractivity contribution in [2.45, 2.75) is 4.90 Å². The standard InChI is InChI=1S/C25H23N3O6S/c1-28(27-17-11-13-18(14-12-17)35(31,32)33)23-19-8-4-3-7-16(19)15-20(24(23)29)25(30)26-21-9-5-6-10-22(21)34-2/h3-15,27,29H,1-2H3,(H,26,30)(H,31,32,33). The van der Waals surface area contributed by atoms with E-state index < -0.39 is 16.0 Å². The fourth-order valence-corrected chi connectivity index (χ4v) is 4.20. The predicted octanol–water partition coefficient (Wildman–Crippen LogP) is 4.52. The lowest BCUT2D eigenvalue weighted by atomic mass is 10.0. The van der Waals surface area contributed by atoms with Gasteiger partial charge in [0.25, 0.3) is 16.0 Å². The summed E-state index contributed by atoms with van der Waals surface area (Å²) in [5.41, 5.74) is 4.40. The number of rotatable bonds is 7. The van der Waals surface area contributed by atoms with Crippen molar-refractivity contribution in [3.8, 4) is 11.5 Å². The molecule has 0 saturated heterocycles. The van der Waals surface area contributed by atoms with Crippen LogP contribution in [0.4, 0.5) is 17.1 Å². The summed E-state index contributed by atoms with van der Waals surface area (Å²) < 4.78 is 37.1. The summed E-state index contributed by atoms with van der Waals surface area (Å²) >= 11 is 0. The molecule has 0 aromatic heterocycles. The molecule has 10 heteroatoms. The molecular weight excluding hydrogens is 470 g/mol. The number of ether oxygens (including phenoxy) is 1. The number of hydrazine groups is 1. The van der Waals surface area contributed by atoms with E-state index in [1.54, 1.807) is 37.4 Å². The average molecular weight is 494 g/mol. The molecule has 0 bridgehead atoms. The first-order valence-corrected chi connectivity index (χ1v) is 11.9. The number of benzene rings is 4. The molecule has 0 heterocycles. The SMILES string of the molecule is COc1ccccc1NC(=O)c1cc2ccccc2c(N(C)Nc2ccc(S(=O)(=O)O)cc2)c1O. The minimum atomic E-state index is -4.32. The highest BCUT2D eigenvalue weighted by atomic mass is 32.2. The van der Waals surface area contributed by atoms with Crippen LogP contribution in [0.1, 0.15) is 10.4 Å². The molecule has 4 aromatic rings. The third kappa shape index (κ3) is 4.98. The van der Waals surface area contributed by atoms with Crippen LogP contribution in [-0.2, 0) is 10.1 Å². The Morgan fingerprint density at radius 2 is 1.63 bits per heavy atom. The molecule has 4 aromatic carbocycles. The highest BCUT2D eigenvalue weighted by Crippen LogP contribution is 2.39. The van der Waals surface area contributed by atoms with Gasteiger partial charge in [-0.3, -0.25) is 19.8 Å². The Morgan fingerprint density at radius 3 is 2.31 bits per heavy atom. The van der Waals surface area contributed by atoms with Crippen LogP contribution in [0.2, 0.25) is 0 Å². The number of aromatic hydroxyl groups is 1. The van der Waals surface area contributed by atoms with Crippen molar-refractivity contribution in [3.63, 3.8) is 0 Å². The van der Waals surface area contributed by atoms with Gasteiger partial charge < -0.3 is 15.2 Å². The Hall–Kier alpha value is -4.28.